The van der Waals surface area contributed by atoms with Crippen molar-refractivity contribution in [1.29, 1.82) is 5.26 Å². The Hall–Kier alpha value is -2.62. The van der Waals surface area contributed by atoms with Crippen molar-refractivity contribution in [2.75, 3.05) is 5.32 Å². The smallest absolute Gasteiger partial charge is 0.325 e. The predicted molar refractivity (Wildman–Crippen MR) is 58.5 cm³/mol. The van der Waals surface area contributed by atoms with Crippen LogP contribution in [-0.2, 0) is 4.79 Å². The fraction of sp³-hybridized carbons (Fsp3) is 0.200. The number of aliphatic carboxylic acids is 1. The summed E-state index contributed by atoms with van der Waals surface area (Å²) in [6.45, 7) is 1.43. The third-order valence-electron chi connectivity index (χ3n) is 2.07. The Balaban J connectivity index is 3.03. The second-order valence-electron chi connectivity index (χ2n) is 3.31. The van der Waals surface area contributed by atoms with Gasteiger partial charge in [0.15, 0.2) is 0 Å². The van der Waals surface area contributed by atoms with Crippen molar-refractivity contribution < 1.29 is 14.8 Å². The van der Waals surface area contributed by atoms with E-state index in [2.05, 4.69) is 5.32 Å². The Labute approximate surface area is 96.4 Å². The van der Waals surface area contributed by atoms with E-state index in [1.807, 2.05) is 0 Å². The monoisotopic (exact) mass is 235 g/mol. The van der Waals surface area contributed by atoms with E-state index in [0.29, 0.717) is 5.69 Å². The van der Waals surface area contributed by atoms with Crippen LogP contribution >= 0.6 is 0 Å². The standard InChI is InChI=1S/C10H9N3O4/c1-6(10(14)15)12-8-2-3-9(13(16)17)7(4-8)5-11/h2-4,6,12H,1H3,(H,14,15). The van der Waals surface area contributed by atoms with Gasteiger partial charge in [0.1, 0.15) is 17.7 Å². The van der Waals surface area contributed by atoms with E-state index in [9.17, 15) is 14.9 Å². The number of nitro benzene ring substituents is 1. The Morgan fingerprint density at radius 2 is 2.29 bits per heavy atom. The van der Waals surface area contributed by atoms with E-state index in [-0.39, 0.29) is 11.3 Å². The summed E-state index contributed by atoms with van der Waals surface area (Å²) in [5, 5.41) is 30.6. The largest absolute Gasteiger partial charge is 0.480 e. The SMILES string of the molecule is CC(Nc1ccc([N+](=O)[O-])c(C#N)c1)C(=O)O. The molecule has 2 N–H and O–H groups in total. The Kier molecular flexibility index (Phi) is 3.62. The first kappa shape index (κ1) is 12.4. The second kappa shape index (κ2) is 4.94. The van der Waals surface area contributed by atoms with Crippen LogP contribution in [0.25, 0.3) is 0 Å². The van der Waals surface area contributed by atoms with Crippen molar-refractivity contribution >= 4 is 17.3 Å². The van der Waals surface area contributed by atoms with E-state index in [4.69, 9.17) is 10.4 Å². The first-order valence-electron chi connectivity index (χ1n) is 4.63. The molecular formula is C10H9N3O4. The highest BCUT2D eigenvalue weighted by molar-refractivity contribution is 5.77. The van der Waals surface area contributed by atoms with Crippen molar-refractivity contribution in [3.8, 4) is 6.07 Å². The number of carbonyl (C=O) groups is 1. The molecule has 0 aromatic heterocycles. The maximum absolute atomic E-state index is 10.6. The summed E-state index contributed by atoms with van der Waals surface area (Å²) in [6.07, 6.45) is 0. The van der Waals surface area contributed by atoms with Gasteiger partial charge in [-0.15, -0.1) is 0 Å². The van der Waals surface area contributed by atoms with Gasteiger partial charge >= 0.3 is 5.97 Å². The quantitative estimate of drug-likeness (QED) is 0.601. The lowest BCUT2D eigenvalue weighted by atomic mass is 10.1. The van der Waals surface area contributed by atoms with Gasteiger partial charge in [-0.05, 0) is 19.1 Å². The third-order valence-corrected chi connectivity index (χ3v) is 2.07. The average molecular weight is 235 g/mol. The summed E-state index contributed by atoms with van der Waals surface area (Å²) in [5.41, 5.74) is -0.0688. The Morgan fingerprint density at radius 3 is 2.76 bits per heavy atom. The maximum Gasteiger partial charge on any atom is 0.325 e. The van der Waals surface area contributed by atoms with Gasteiger partial charge < -0.3 is 10.4 Å². The topological polar surface area (TPSA) is 116 Å². The minimum Gasteiger partial charge on any atom is -0.480 e. The molecule has 0 amide bonds. The normalized spacial score (nSPS) is 11.3. The van der Waals surface area contributed by atoms with Gasteiger partial charge in [0.25, 0.3) is 5.69 Å². The number of nitriles is 1. The minimum atomic E-state index is -1.05. The molecule has 1 aromatic carbocycles. The molecule has 17 heavy (non-hydrogen) atoms. The van der Waals surface area contributed by atoms with Crippen LogP contribution < -0.4 is 5.32 Å². The Morgan fingerprint density at radius 1 is 1.65 bits per heavy atom. The van der Waals surface area contributed by atoms with Crippen molar-refractivity contribution in [1.82, 2.24) is 0 Å². The molecule has 0 saturated carbocycles. The number of hydrogen-bond donors (Lipinski definition) is 2. The fourth-order valence-electron chi connectivity index (χ4n) is 1.19. The molecule has 0 spiro atoms. The molecular weight excluding hydrogens is 226 g/mol. The summed E-state index contributed by atoms with van der Waals surface area (Å²) in [5.74, 6) is -1.05. The predicted octanol–water partition coefficient (Wildman–Crippen LogP) is 1.35. The molecule has 1 aromatic rings. The van der Waals surface area contributed by atoms with Crippen LogP contribution in [0.5, 0.6) is 0 Å². The number of nitrogens with zero attached hydrogens (tertiary/aromatic N) is 2. The lowest BCUT2D eigenvalue weighted by molar-refractivity contribution is -0.385. The van der Waals surface area contributed by atoms with E-state index in [1.165, 1.54) is 19.1 Å². The van der Waals surface area contributed by atoms with Gasteiger partial charge in [0.2, 0.25) is 0 Å². The zero-order valence-electron chi connectivity index (χ0n) is 8.88. The van der Waals surface area contributed by atoms with Crippen molar-refractivity contribution in [2.24, 2.45) is 0 Å². The summed E-state index contributed by atoms with van der Waals surface area (Å²) < 4.78 is 0. The summed E-state index contributed by atoms with van der Waals surface area (Å²) >= 11 is 0. The summed E-state index contributed by atoms with van der Waals surface area (Å²) in [4.78, 5) is 20.5. The zero-order chi connectivity index (χ0) is 13.0. The molecule has 0 bridgehead atoms. The van der Waals surface area contributed by atoms with Gasteiger partial charge in [-0.2, -0.15) is 5.26 Å². The van der Waals surface area contributed by atoms with Crippen molar-refractivity contribution in [2.45, 2.75) is 13.0 Å². The molecule has 7 heteroatoms. The van der Waals surface area contributed by atoms with Gasteiger partial charge in [-0.3, -0.25) is 14.9 Å². The molecule has 1 atom stereocenters. The average Bonchev–Trinajstić information content (AvgIpc) is 2.28. The van der Waals surface area contributed by atoms with Crippen LogP contribution in [0.1, 0.15) is 12.5 Å². The van der Waals surface area contributed by atoms with Gasteiger partial charge in [0, 0.05) is 11.8 Å². The van der Waals surface area contributed by atoms with E-state index in [1.54, 1.807) is 6.07 Å². The number of anilines is 1. The first-order chi connectivity index (χ1) is 7.95. The minimum absolute atomic E-state index is 0.113. The molecule has 1 rings (SSSR count). The molecule has 0 fully saturated rings. The van der Waals surface area contributed by atoms with E-state index >= 15 is 0 Å². The molecule has 1 unspecified atom stereocenters. The highest BCUT2D eigenvalue weighted by atomic mass is 16.6. The van der Waals surface area contributed by atoms with Crippen molar-refractivity contribution in [3.05, 3.63) is 33.9 Å². The van der Waals surface area contributed by atoms with Crippen LogP contribution in [0.2, 0.25) is 0 Å². The lowest BCUT2D eigenvalue weighted by Crippen LogP contribution is -2.25. The first-order valence-corrected chi connectivity index (χ1v) is 4.63. The highest BCUT2D eigenvalue weighted by Crippen LogP contribution is 2.22. The molecule has 88 valence electrons. The van der Waals surface area contributed by atoms with Gasteiger partial charge in [-0.1, -0.05) is 0 Å². The van der Waals surface area contributed by atoms with Crippen LogP contribution in [0, 0.1) is 21.4 Å². The number of nitrogens with one attached hydrogen (secondary N) is 1. The number of carboxylic acid groups (broad SMARTS) is 1. The van der Waals surface area contributed by atoms with Crippen LogP contribution in [0.3, 0.4) is 0 Å². The van der Waals surface area contributed by atoms with Gasteiger partial charge in [-0.25, -0.2) is 0 Å². The highest BCUT2D eigenvalue weighted by Gasteiger charge is 2.16. The maximum atomic E-state index is 10.6. The molecule has 0 aliphatic heterocycles. The molecule has 0 aliphatic rings. The molecule has 0 saturated heterocycles. The number of nitro groups is 1. The molecule has 0 radical (unpaired) electrons. The molecule has 0 aliphatic carbocycles. The number of carboxylic acids is 1. The summed E-state index contributed by atoms with van der Waals surface area (Å²) in [6, 6.07) is 4.62. The van der Waals surface area contributed by atoms with Crippen LogP contribution in [-0.4, -0.2) is 22.0 Å². The zero-order valence-corrected chi connectivity index (χ0v) is 8.88. The van der Waals surface area contributed by atoms with Crippen LogP contribution in [0.15, 0.2) is 18.2 Å². The second-order valence-corrected chi connectivity index (χ2v) is 3.31. The van der Waals surface area contributed by atoms with E-state index < -0.39 is 16.9 Å². The number of hydrogen-bond acceptors (Lipinski definition) is 5. The molecule has 7 nitrogen and oxygen atoms in total. The van der Waals surface area contributed by atoms with Gasteiger partial charge in [0.05, 0.1) is 4.92 Å². The summed E-state index contributed by atoms with van der Waals surface area (Å²) in [7, 11) is 0. The number of rotatable bonds is 4. The third kappa shape index (κ3) is 2.92. The lowest BCUT2D eigenvalue weighted by Gasteiger charge is -2.10. The van der Waals surface area contributed by atoms with Crippen molar-refractivity contribution in [3.63, 3.8) is 0 Å². The fourth-order valence-corrected chi connectivity index (χ4v) is 1.19. The Bertz CT molecular complexity index is 507. The van der Waals surface area contributed by atoms with Crippen LogP contribution in [0.4, 0.5) is 11.4 Å². The number of benzene rings is 1. The molecule has 0 heterocycles. The van der Waals surface area contributed by atoms with E-state index in [0.717, 1.165) is 6.07 Å².